The van der Waals surface area contributed by atoms with Crippen LogP contribution in [0.15, 0.2) is 27.4 Å². The molecule has 0 amide bonds. The van der Waals surface area contributed by atoms with Crippen molar-refractivity contribution >= 4 is 40.8 Å². The molecule has 0 radical (unpaired) electrons. The summed E-state index contributed by atoms with van der Waals surface area (Å²) in [4.78, 5) is 71.3. The summed E-state index contributed by atoms with van der Waals surface area (Å²) in [6.45, 7) is 5.41. The van der Waals surface area contributed by atoms with E-state index in [-0.39, 0.29) is 23.1 Å². The topological polar surface area (TPSA) is 200 Å². The van der Waals surface area contributed by atoms with Crippen LogP contribution >= 0.6 is 0 Å². The second kappa shape index (κ2) is 13.1. The zero-order valence-corrected chi connectivity index (χ0v) is 22.7. The third-order valence-corrected chi connectivity index (χ3v) is 5.52. The highest BCUT2D eigenvalue weighted by Crippen LogP contribution is 2.35. The molecule has 0 spiro atoms. The SMILES string of the molecule is CCC(=O)Oc1c(O)c2ccc(O[C@@H]3O[C@H](COC(C)=O)[C@@H](OC(C)=O)[C@H](OC(C)=O)[C@H]3OC(C)=O)cc2oc1=O. The summed E-state index contributed by atoms with van der Waals surface area (Å²) in [5.41, 5.74) is -1.31. The van der Waals surface area contributed by atoms with Gasteiger partial charge in [0.2, 0.25) is 12.4 Å². The first-order chi connectivity index (χ1) is 19.3. The normalized spacial score (nSPS) is 21.8. The standard InChI is InChI=1S/C26H28O15/c1-6-19(31)41-22-20(32)16-8-7-15(9-17(16)39-25(22)33)38-26-24(37-14(5)30)23(36-13(4)29)21(35-12(3)28)18(40-26)10-34-11(2)27/h7-9,18,21,23-24,26,32H,6,10H2,1-5H3/t18-,21-,23+,24-,26-/m1/s1. The molecule has 1 aromatic carbocycles. The Kier molecular flexibility index (Phi) is 9.89. The summed E-state index contributed by atoms with van der Waals surface area (Å²) < 4.78 is 42.8. The fourth-order valence-electron chi connectivity index (χ4n) is 3.91. The number of fused-ring (bicyclic) bond motifs is 1. The van der Waals surface area contributed by atoms with E-state index >= 15 is 0 Å². The maximum absolute atomic E-state index is 12.4. The van der Waals surface area contributed by atoms with Crippen molar-refractivity contribution in [2.24, 2.45) is 0 Å². The summed E-state index contributed by atoms with van der Waals surface area (Å²) in [6, 6.07) is 3.80. The molecule has 2 heterocycles. The van der Waals surface area contributed by atoms with Gasteiger partial charge < -0.3 is 42.7 Å². The number of benzene rings is 1. The van der Waals surface area contributed by atoms with Crippen LogP contribution in [-0.4, -0.2) is 72.3 Å². The van der Waals surface area contributed by atoms with Gasteiger partial charge in [-0.15, -0.1) is 0 Å². The second-order valence-corrected chi connectivity index (χ2v) is 8.74. The molecule has 1 fully saturated rings. The predicted molar refractivity (Wildman–Crippen MR) is 133 cm³/mol. The van der Waals surface area contributed by atoms with Crippen LogP contribution < -0.4 is 15.1 Å². The van der Waals surface area contributed by atoms with Crippen LogP contribution in [0.4, 0.5) is 0 Å². The van der Waals surface area contributed by atoms with Crippen LogP contribution in [0.25, 0.3) is 11.0 Å². The van der Waals surface area contributed by atoms with E-state index in [1.807, 2.05) is 0 Å². The zero-order chi connectivity index (χ0) is 30.4. The lowest BCUT2D eigenvalue weighted by molar-refractivity contribution is -0.288. The maximum atomic E-state index is 12.4. The molecule has 2 aromatic rings. The van der Waals surface area contributed by atoms with Gasteiger partial charge in [0.15, 0.2) is 18.0 Å². The summed E-state index contributed by atoms with van der Waals surface area (Å²) in [7, 11) is 0. The molecule has 1 saturated heterocycles. The molecule has 1 aliphatic rings. The molecule has 41 heavy (non-hydrogen) atoms. The molecular formula is C26H28O15. The largest absolute Gasteiger partial charge is 0.504 e. The number of ether oxygens (including phenoxy) is 7. The van der Waals surface area contributed by atoms with Crippen LogP contribution in [0.1, 0.15) is 41.0 Å². The average Bonchev–Trinajstić information content (AvgIpc) is 2.87. The number of esters is 5. The van der Waals surface area contributed by atoms with Gasteiger partial charge in [0.05, 0.1) is 5.39 Å². The molecule has 1 aromatic heterocycles. The summed E-state index contributed by atoms with van der Waals surface area (Å²) >= 11 is 0. The third-order valence-electron chi connectivity index (χ3n) is 5.52. The highest BCUT2D eigenvalue weighted by Gasteiger charge is 2.53. The highest BCUT2D eigenvalue weighted by atomic mass is 16.7. The third kappa shape index (κ3) is 7.72. The Labute approximate surface area is 232 Å². The number of aromatic hydroxyl groups is 1. The van der Waals surface area contributed by atoms with Crippen LogP contribution in [0.5, 0.6) is 17.2 Å². The Morgan fingerprint density at radius 3 is 2.07 bits per heavy atom. The molecular weight excluding hydrogens is 552 g/mol. The van der Waals surface area contributed by atoms with Crippen molar-refractivity contribution in [3.63, 3.8) is 0 Å². The first-order valence-corrected chi connectivity index (χ1v) is 12.3. The van der Waals surface area contributed by atoms with Crippen molar-refractivity contribution in [1.29, 1.82) is 0 Å². The minimum absolute atomic E-state index is 0.00241. The van der Waals surface area contributed by atoms with Crippen LogP contribution in [0, 0.1) is 0 Å². The Bertz CT molecular complexity index is 1390. The van der Waals surface area contributed by atoms with Crippen molar-refractivity contribution in [1.82, 2.24) is 0 Å². The van der Waals surface area contributed by atoms with E-state index in [4.69, 9.17) is 37.6 Å². The molecule has 222 valence electrons. The second-order valence-electron chi connectivity index (χ2n) is 8.74. The van der Waals surface area contributed by atoms with Gasteiger partial charge in [-0.3, -0.25) is 24.0 Å². The quantitative estimate of drug-likeness (QED) is 0.252. The lowest BCUT2D eigenvalue weighted by Gasteiger charge is -2.43. The van der Waals surface area contributed by atoms with Crippen LogP contribution in [-0.2, 0) is 47.7 Å². The summed E-state index contributed by atoms with van der Waals surface area (Å²) in [5, 5.41) is 10.5. The fourth-order valence-corrected chi connectivity index (χ4v) is 3.91. The van der Waals surface area contributed by atoms with Crippen molar-refractivity contribution in [2.75, 3.05) is 6.61 Å². The van der Waals surface area contributed by atoms with Gasteiger partial charge >= 0.3 is 35.5 Å². The summed E-state index contributed by atoms with van der Waals surface area (Å²) in [6.07, 6.45) is -7.19. The average molecular weight is 580 g/mol. The maximum Gasteiger partial charge on any atom is 0.383 e. The van der Waals surface area contributed by atoms with Gasteiger partial charge in [-0.25, -0.2) is 4.79 Å². The highest BCUT2D eigenvalue weighted by molar-refractivity contribution is 5.87. The fraction of sp³-hybridized carbons (Fsp3) is 0.462. The van der Waals surface area contributed by atoms with Gasteiger partial charge in [0.1, 0.15) is 24.0 Å². The number of carbonyl (C=O) groups excluding carboxylic acids is 5. The molecule has 0 saturated carbocycles. The van der Waals surface area contributed by atoms with Gasteiger partial charge in [0.25, 0.3) is 5.75 Å². The van der Waals surface area contributed by atoms with E-state index in [1.165, 1.54) is 25.1 Å². The molecule has 15 heteroatoms. The van der Waals surface area contributed by atoms with E-state index in [9.17, 15) is 33.9 Å². The number of carbonyl (C=O) groups is 5. The minimum atomic E-state index is -1.54. The molecule has 0 bridgehead atoms. The first kappa shape index (κ1) is 30.9. The van der Waals surface area contributed by atoms with E-state index in [0.29, 0.717) is 0 Å². The van der Waals surface area contributed by atoms with Crippen LogP contribution in [0.2, 0.25) is 0 Å². The smallest absolute Gasteiger partial charge is 0.383 e. The van der Waals surface area contributed by atoms with E-state index in [2.05, 4.69) is 0 Å². The van der Waals surface area contributed by atoms with Gasteiger partial charge in [-0.2, -0.15) is 0 Å². The van der Waals surface area contributed by atoms with Gasteiger partial charge in [-0.1, -0.05) is 6.92 Å². The molecule has 5 atom stereocenters. The first-order valence-electron chi connectivity index (χ1n) is 12.3. The van der Waals surface area contributed by atoms with E-state index in [0.717, 1.165) is 27.7 Å². The monoisotopic (exact) mass is 580 g/mol. The zero-order valence-electron chi connectivity index (χ0n) is 22.7. The van der Waals surface area contributed by atoms with Crippen molar-refractivity contribution in [3.8, 4) is 17.2 Å². The predicted octanol–water partition coefficient (Wildman–Crippen LogP) is 1.28. The van der Waals surface area contributed by atoms with E-state index < -0.39 is 84.3 Å². The Morgan fingerprint density at radius 1 is 0.878 bits per heavy atom. The lowest BCUT2D eigenvalue weighted by Crippen LogP contribution is -2.63. The lowest BCUT2D eigenvalue weighted by atomic mass is 9.98. The van der Waals surface area contributed by atoms with Crippen LogP contribution in [0.3, 0.4) is 0 Å². The molecule has 1 aliphatic heterocycles. The molecule has 3 rings (SSSR count). The Morgan fingerprint density at radius 2 is 1.49 bits per heavy atom. The van der Waals surface area contributed by atoms with E-state index in [1.54, 1.807) is 0 Å². The Hall–Kier alpha value is -4.66. The van der Waals surface area contributed by atoms with Crippen molar-refractivity contribution < 1.29 is 66.7 Å². The van der Waals surface area contributed by atoms with Crippen molar-refractivity contribution in [2.45, 2.75) is 71.7 Å². The molecule has 0 unspecified atom stereocenters. The van der Waals surface area contributed by atoms with Gasteiger partial charge in [-0.05, 0) is 12.1 Å². The number of hydrogen-bond donors (Lipinski definition) is 1. The molecule has 15 nitrogen and oxygen atoms in total. The number of hydrogen-bond acceptors (Lipinski definition) is 15. The Balaban J connectivity index is 2.03. The minimum Gasteiger partial charge on any atom is -0.504 e. The number of rotatable bonds is 9. The molecule has 1 N–H and O–H groups in total. The van der Waals surface area contributed by atoms with Gasteiger partial charge in [0, 0.05) is 40.2 Å². The van der Waals surface area contributed by atoms with Crippen molar-refractivity contribution in [3.05, 3.63) is 28.6 Å². The molecule has 0 aliphatic carbocycles. The summed E-state index contributed by atoms with van der Waals surface area (Å²) in [5.74, 6) is -5.26.